The molecule has 232 valence electrons. The molecule has 0 radical (unpaired) electrons. The van der Waals surface area contributed by atoms with Crippen molar-refractivity contribution in [2.75, 3.05) is 13.1 Å². The molecule has 39 heavy (non-hydrogen) atoms. The molecule has 2 heteroatoms. The molecule has 0 saturated carbocycles. The van der Waals surface area contributed by atoms with E-state index in [2.05, 4.69) is 43.0 Å². The van der Waals surface area contributed by atoms with E-state index in [0.29, 0.717) is 6.17 Å². The van der Waals surface area contributed by atoms with Crippen LogP contribution in [0.2, 0.25) is 0 Å². The van der Waals surface area contributed by atoms with Crippen LogP contribution in [0.4, 0.5) is 0 Å². The first kappa shape index (κ1) is 36.4. The minimum absolute atomic E-state index is 0.639. The standard InChI is InChI=1S/C37H74N2/c1-4-7-9-11-13-15-17-19-20-21-22-24-26-28-30-32-37-38(33-6-3)35-36-39(37)34-31-29-27-25-23-18-16-14-12-10-8-5-2/h35-37H,4-34H2,1-3H3. The highest BCUT2D eigenvalue weighted by Crippen LogP contribution is 2.23. The lowest BCUT2D eigenvalue weighted by Gasteiger charge is -2.33. The second-order valence-electron chi connectivity index (χ2n) is 12.9. The lowest BCUT2D eigenvalue weighted by atomic mass is 10.0. The highest BCUT2D eigenvalue weighted by molar-refractivity contribution is 4.96. The van der Waals surface area contributed by atoms with Crippen LogP contribution in [-0.4, -0.2) is 29.1 Å². The average molecular weight is 547 g/mol. The van der Waals surface area contributed by atoms with Crippen LogP contribution in [0.1, 0.15) is 207 Å². The summed E-state index contributed by atoms with van der Waals surface area (Å²) in [7, 11) is 0. The number of nitrogens with zero attached hydrogens (tertiary/aromatic N) is 2. The fourth-order valence-electron chi connectivity index (χ4n) is 6.43. The molecule has 1 rings (SSSR count). The van der Waals surface area contributed by atoms with Crippen molar-refractivity contribution in [3.63, 3.8) is 0 Å². The molecule has 0 aromatic carbocycles. The Labute approximate surface area is 248 Å². The van der Waals surface area contributed by atoms with Crippen LogP contribution in [0.5, 0.6) is 0 Å². The third kappa shape index (κ3) is 21.7. The second kappa shape index (κ2) is 28.9. The van der Waals surface area contributed by atoms with E-state index in [9.17, 15) is 0 Å². The van der Waals surface area contributed by atoms with Crippen LogP contribution < -0.4 is 0 Å². The lowest BCUT2D eigenvalue weighted by Crippen LogP contribution is -2.39. The first-order valence-electron chi connectivity index (χ1n) is 18.5. The molecule has 1 atom stereocenters. The minimum Gasteiger partial charge on any atom is -0.356 e. The van der Waals surface area contributed by atoms with Gasteiger partial charge in [-0.1, -0.05) is 181 Å². The Morgan fingerprint density at radius 1 is 0.333 bits per heavy atom. The van der Waals surface area contributed by atoms with Gasteiger partial charge in [0.05, 0.1) is 0 Å². The van der Waals surface area contributed by atoms with Crippen molar-refractivity contribution in [1.82, 2.24) is 9.80 Å². The molecule has 0 bridgehead atoms. The van der Waals surface area contributed by atoms with E-state index in [-0.39, 0.29) is 0 Å². The Morgan fingerprint density at radius 3 is 1.00 bits per heavy atom. The molecule has 1 aliphatic heterocycles. The molecule has 0 amide bonds. The molecule has 0 fully saturated rings. The van der Waals surface area contributed by atoms with Crippen LogP contribution in [0, 0.1) is 0 Å². The number of hydrogen-bond donors (Lipinski definition) is 0. The molecule has 1 unspecified atom stereocenters. The molecule has 1 heterocycles. The maximum atomic E-state index is 2.68. The highest BCUT2D eigenvalue weighted by Gasteiger charge is 2.24. The zero-order valence-corrected chi connectivity index (χ0v) is 27.5. The highest BCUT2D eigenvalue weighted by atomic mass is 15.4. The molecule has 0 aromatic rings. The summed E-state index contributed by atoms with van der Waals surface area (Å²) in [6, 6.07) is 0. The quantitative estimate of drug-likeness (QED) is 0.0798. The summed E-state index contributed by atoms with van der Waals surface area (Å²) in [5.41, 5.74) is 0. The van der Waals surface area contributed by atoms with Gasteiger partial charge in [-0.25, -0.2) is 0 Å². The van der Waals surface area contributed by atoms with Crippen molar-refractivity contribution < 1.29 is 0 Å². The molecule has 0 aromatic heterocycles. The molecule has 0 aliphatic carbocycles. The first-order valence-corrected chi connectivity index (χ1v) is 18.5. The van der Waals surface area contributed by atoms with Crippen molar-refractivity contribution in [3.05, 3.63) is 12.4 Å². The van der Waals surface area contributed by atoms with Gasteiger partial charge in [0.15, 0.2) is 0 Å². The van der Waals surface area contributed by atoms with Crippen LogP contribution >= 0.6 is 0 Å². The van der Waals surface area contributed by atoms with Crippen molar-refractivity contribution >= 4 is 0 Å². The molecular formula is C37H74N2. The van der Waals surface area contributed by atoms with Gasteiger partial charge < -0.3 is 9.80 Å². The van der Waals surface area contributed by atoms with Crippen molar-refractivity contribution in [2.24, 2.45) is 0 Å². The predicted octanol–water partition coefficient (Wildman–Crippen LogP) is 12.8. The first-order chi connectivity index (χ1) is 19.3. The Bertz CT molecular complexity index is 502. The van der Waals surface area contributed by atoms with E-state index < -0.39 is 0 Å². The summed E-state index contributed by atoms with van der Waals surface area (Å²) in [6.07, 6.45) is 47.1. The molecule has 0 N–H and O–H groups in total. The number of rotatable bonds is 31. The summed E-state index contributed by atoms with van der Waals surface area (Å²) < 4.78 is 0. The maximum Gasteiger partial charge on any atom is 0.101 e. The summed E-state index contributed by atoms with van der Waals surface area (Å²) in [4.78, 5) is 5.31. The van der Waals surface area contributed by atoms with Gasteiger partial charge in [0.2, 0.25) is 0 Å². The largest absolute Gasteiger partial charge is 0.356 e. The summed E-state index contributed by atoms with van der Waals surface area (Å²) in [5, 5.41) is 0. The normalized spacial score (nSPS) is 15.2. The summed E-state index contributed by atoms with van der Waals surface area (Å²) in [6.45, 7) is 9.42. The Hall–Kier alpha value is -0.660. The van der Waals surface area contributed by atoms with Gasteiger partial charge in [0, 0.05) is 25.5 Å². The van der Waals surface area contributed by atoms with Crippen LogP contribution in [-0.2, 0) is 0 Å². The predicted molar refractivity (Wildman–Crippen MR) is 177 cm³/mol. The van der Waals surface area contributed by atoms with E-state index in [1.165, 1.54) is 199 Å². The molecule has 2 nitrogen and oxygen atoms in total. The maximum absolute atomic E-state index is 2.68. The van der Waals surface area contributed by atoms with Crippen LogP contribution in [0.15, 0.2) is 12.4 Å². The van der Waals surface area contributed by atoms with Gasteiger partial charge in [0.1, 0.15) is 6.17 Å². The minimum atomic E-state index is 0.639. The van der Waals surface area contributed by atoms with Crippen LogP contribution in [0.25, 0.3) is 0 Å². The molecular weight excluding hydrogens is 472 g/mol. The number of hydrogen-bond acceptors (Lipinski definition) is 2. The topological polar surface area (TPSA) is 6.48 Å². The van der Waals surface area contributed by atoms with E-state index >= 15 is 0 Å². The van der Waals surface area contributed by atoms with E-state index in [1.54, 1.807) is 0 Å². The lowest BCUT2D eigenvalue weighted by molar-refractivity contribution is 0.137. The third-order valence-electron chi connectivity index (χ3n) is 9.03. The van der Waals surface area contributed by atoms with Gasteiger partial charge in [-0.2, -0.15) is 0 Å². The monoisotopic (exact) mass is 547 g/mol. The van der Waals surface area contributed by atoms with Crippen molar-refractivity contribution in [2.45, 2.75) is 213 Å². The van der Waals surface area contributed by atoms with E-state index in [0.717, 1.165) is 0 Å². The SMILES string of the molecule is CCCCCCCCCCCCCCCCCC1N(CCC)C=CN1CCCCCCCCCCCCCC. The Balaban J connectivity index is 1.99. The van der Waals surface area contributed by atoms with E-state index in [4.69, 9.17) is 0 Å². The van der Waals surface area contributed by atoms with Crippen LogP contribution in [0.3, 0.4) is 0 Å². The Morgan fingerprint density at radius 2 is 0.641 bits per heavy atom. The fraction of sp³-hybridized carbons (Fsp3) is 0.946. The van der Waals surface area contributed by atoms with E-state index in [1.807, 2.05) is 0 Å². The Kier molecular flexibility index (Phi) is 26.9. The summed E-state index contributed by atoms with van der Waals surface area (Å²) in [5.74, 6) is 0. The van der Waals surface area contributed by atoms with Gasteiger partial charge in [-0.05, 0) is 25.7 Å². The average Bonchev–Trinajstić information content (AvgIpc) is 3.32. The zero-order valence-electron chi connectivity index (χ0n) is 27.5. The zero-order chi connectivity index (χ0) is 28.1. The second-order valence-corrected chi connectivity index (χ2v) is 12.9. The third-order valence-corrected chi connectivity index (χ3v) is 9.03. The van der Waals surface area contributed by atoms with Gasteiger partial charge in [-0.15, -0.1) is 0 Å². The molecule has 0 spiro atoms. The smallest absolute Gasteiger partial charge is 0.101 e. The van der Waals surface area contributed by atoms with Gasteiger partial charge in [-0.3, -0.25) is 0 Å². The molecule has 0 saturated heterocycles. The van der Waals surface area contributed by atoms with Gasteiger partial charge >= 0.3 is 0 Å². The van der Waals surface area contributed by atoms with Crippen molar-refractivity contribution in [1.29, 1.82) is 0 Å². The molecule has 1 aliphatic rings. The number of unbranched alkanes of at least 4 members (excludes halogenated alkanes) is 25. The van der Waals surface area contributed by atoms with Crippen molar-refractivity contribution in [3.8, 4) is 0 Å². The fourth-order valence-corrected chi connectivity index (χ4v) is 6.43. The van der Waals surface area contributed by atoms with Gasteiger partial charge in [0.25, 0.3) is 0 Å². The summed E-state index contributed by atoms with van der Waals surface area (Å²) >= 11 is 0.